The van der Waals surface area contributed by atoms with Crippen molar-refractivity contribution < 1.29 is 53.3 Å². The summed E-state index contributed by atoms with van der Waals surface area (Å²) < 4.78 is 19.0. The number of rotatable bonds is 2. The third kappa shape index (κ3) is 5.01. The van der Waals surface area contributed by atoms with E-state index in [1.807, 2.05) is 0 Å². The Morgan fingerprint density at radius 2 is 2.00 bits per heavy atom. The summed E-state index contributed by atoms with van der Waals surface area (Å²) in [6.45, 7) is 0. The van der Waals surface area contributed by atoms with E-state index in [2.05, 4.69) is 0 Å². The summed E-state index contributed by atoms with van der Waals surface area (Å²) in [5.41, 5.74) is -2.30. The molecule has 2 unspecified atom stereocenters. The zero-order chi connectivity index (χ0) is 6.73. The quantitative estimate of drug-likeness (QED) is 0.314. The van der Waals surface area contributed by atoms with Crippen molar-refractivity contribution in [2.45, 2.75) is 5.44 Å². The van der Waals surface area contributed by atoms with E-state index in [0.29, 0.717) is 0 Å². The topological polar surface area (TPSA) is 97.7 Å². The van der Waals surface area contributed by atoms with Gasteiger partial charge >= 0.3 is 35.5 Å². The molecule has 5 nitrogen and oxygen atoms in total. The van der Waals surface area contributed by atoms with Crippen LogP contribution < -0.4 is 29.6 Å². The van der Waals surface area contributed by atoms with Crippen LogP contribution in [0.15, 0.2) is 0 Å². The van der Waals surface area contributed by atoms with E-state index in [1.165, 1.54) is 0 Å². The molecule has 0 bridgehead atoms. The monoisotopic (exact) mass is 162 g/mol. The third-order valence-electron chi connectivity index (χ3n) is 0.394. The molecule has 0 fully saturated rings. The standard InChI is InChI=1S/C2H4O5S.Na/c3-1(4)2(5)8(6)7;/h2,5H,(H,3,4)(H,6,7);/q;+1/p-1. The Bertz CT molecular complexity index is 110. The van der Waals surface area contributed by atoms with Gasteiger partial charge in [-0.05, 0) is 11.1 Å². The molecule has 0 rings (SSSR count). The summed E-state index contributed by atoms with van der Waals surface area (Å²) >= 11 is -2.93. The second-order valence-electron chi connectivity index (χ2n) is 0.951. The fourth-order valence-electron chi connectivity index (χ4n) is 0.0823. The van der Waals surface area contributed by atoms with Gasteiger partial charge < -0.3 is 14.8 Å². The van der Waals surface area contributed by atoms with Crippen molar-refractivity contribution in [2.24, 2.45) is 0 Å². The first-order valence-corrected chi connectivity index (χ1v) is 2.68. The van der Waals surface area contributed by atoms with E-state index in [4.69, 9.17) is 10.2 Å². The smallest absolute Gasteiger partial charge is 0.770 e. The summed E-state index contributed by atoms with van der Waals surface area (Å²) in [4.78, 5) is 9.50. The molecular weight excluding hydrogens is 159 g/mol. The Morgan fingerprint density at radius 3 is 2.00 bits per heavy atom. The molecule has 0 amide bonds. The van der Waals surface area contributed by atoms with Crippen molar-refractivity contribution in [3.63, 3.8) is 0 Å². The van der Waals surface area contributed by atoms with Crippen LogP contribution in [0.4, 0.5) is 0 Å². The van der Waals surface area contributed by atoms with Crippen molar-refractivity contribution >= 4 is 17.0 Å². The fraction of sp³-hybridized carbons (Fsp3) is 0.500. The number of aliphatic hydroxyl groups is 1. The number of carboxylic acid groups (broad SMARTS) is 1. The Balaban J connectivity index is 0. The van der Waals surface area contributed by atoms with Crippen LogP contribution in [-0.4, -0.2) is 30.4 Å². The number of aliphatic hydroxyl groups excluding tert-OH is 1. The summed E-state index contributed by atoms with van der Waals surface area (Å²) in [6, 6.07) is 0. The summed E-state index contributed by atoms with van der Waals surface area (Å²) in [7, 11) is 0. The molecule has 2 N–H and O–H groups in total. The van der Waals surface area contributed by atoms with Gasteiger partial charge in [-0.1, -0.05) is 0 Å². The van der Waals surface area contributed by atoms with Crippen LogP contribution in [0.1, 0.15) is 0 Å². The molecular formula is C2H3NaO5S. The Hall–Kier alpha value is 0.540. The van der Waals surface area contributed by atoms with E-state index in [0.717, 1.165) is 0 Å². The van der Waals surface area contributed by atoms with Gasteiger partial charge in [0.25, 0.3) is 0 Å². The molecule has 0 aromatic carbocycles. The zero-order valence-electron chi connectivity index (χ0n) is 4.60. The van der Waals surface area contributed by atoms with Crippen molar-refractivity contribution in [1.82, 2.24) is 0 Å². The number of hydrogen-bond acceptors (Lipinski definition) is 4. The van der Waals surface area contributed by atoms with Gasteiger partial charge in [0, 0.05) is 0 Å². The first-order valence-electron chi connectivity index (χ1n) is 1.54. The van der Waals surface area contributed by atoms with Crippen LogP contribution in [0, 0.1) is 0 Å². The van der Waals surface area contributed by atoms with Crippen molar-refractivity contribution in [2.75, 3.05) is 0 Å². The SMILES string of the molecule is O=C(O)C(O)S(=O)[O-].[Na+]. The van der Waals surface area contributed by atoms with Crippen LogP contribution in [0.5, 0.6) is 0 Å². The summed E-state index contributed by atoms with van der Waals surface area (Å²) in [6.07, 6.45) is 0. The van der Waals surface area contributed by atoms with Gasteiger partial charge in [0.05, 0.1) is 0 Å². The summed E-state index contributed by atoms with van der Waals surface area (Å²) in [5, 5.41) is 15.7. The normalized spacial score (nSPS) is 15.3. The van der Waals surface area contributed by atoms with Crippen LogP contribution in [0.25, 0.3) is 0 Å². The predicted octanol–water partition coefficient (Wildman–Crippen LogP) is -4.73. The second-order valence-corrected chi connectivity index (χ2v) is 1.92. The van der Waals surface area contributed by atoms with E-state index in [-0.39, 0.29) is 29.6 Å². The Morgan fingerprint density at radius 1 is 1.67 bits per heavy atom. The maximum absolute atomic E-state index is 9.51. The molecule has 7 heteroatoms. The average molecular weight is 162 g/mol. The number of aliphatic carboxylic acids is 1. The molecule has 9 heavy (non-hydrogen) atoms. The minimum absolute atomic E-state index is 0. The zero-order valence-corrected chi connectivity index (χ0v) is 7.42. The molecule has 0 aliphatic heterocycles. The predicted molar refractivity (Wildman–Crippen MR) is 22.6 cm³/mol. The van der Waals surface area contributed by atoms with Gasteiger partial charge in [0.15, 0.2) is 0 Å². The largest absolute Gasteiger partial charge is 1.00 e. The Labute approximate surface area is 75.6 Å². The molecule has 0 heterocycles. The van der Waals surface area contributed by atoms with Crippen LogP contribution >= 0.6 is 0 Å². The molecule has 0 radical (unpaired) electrons. The minimum atomic E-state index is -2.93. The van der Waals surface area contributed by atoms with Crippen LogP contribution in [0.2, 0.25) is 0 Å². The summed E-state index contributed by atoms with van der Waals surface area (Å²) in [5.74, 6) is -1.77. The molecule has 2 atom stereocenters. The molecule has 0 aliphatic rings. The van der Waals surface area contributed by atoms with Gasteiger partial charge in [-0.15, -0.1) is 0 Å². The van der Waals surface area contributed by atoms with Crippen LogP contribution in [-0.2, 0) is 15.9 Å². The number of carboxylic acids is 1. The van der Waals surface area contributed by atoms with Crippen LogP contribution in [0.3, 0.4) is 0 Å². The number of hydrogen-bond donors (Lipinski definition) is 2. The van der Waals surface area contributed by atoms with E-state index >= 15 is 0 Å². The van der Waals surface area contributed by atoms with E-state index in [9.17, 15) is 13.6 Å². The molecule has 0 aromatic heterocycles. The molecule has 48 valence electrons. The first kappa shape index (κ1) is 12.2. The van der Waals surface area contributed by atoms with Crippen molar-refractivity contribution in [3.8, 4) is 0 Å². The third-order valence-corrected chi connectivity index (χ3v) is 0.960. The molecule has 0 aromatic rings. The van der Waals surface area contributed by atoms with Gasteiger partial charge in [-0.25, -0.2) is 4.79 Å². The van der Waals surface area contributed by atoms with Gasteiger partial charge in [-0.2, -0.15) is 0 Å². The molecule has 0 saturated heterocycles. The minimum Gasteiger partial charge on any atom is -0.770 e. The maximum atomic E-state index is 9.51. The second kappa shape index (κ2) is 5.33. The van der Waals surface area contributed by atoms with E-state index in [1.54, 1.807) is 0 Å². The van der Waals surface area contributed by atoms with Gasteiger partial charge in [-0.3, -0.25) is 4.21 Å². The van der Waals surface area contributed by atoms with Crippen molar-refractivity contribution in [1.29, 1.82) is 0 Å². The Kier molecular flexibility index (Phi) is 7.25. The fourth-order valence-corrected chi connectivity index (χ4v) is 0.247. The number of carbonyl (C=O) groups is 1. The van der Waals surface area contributed by atoms with E-state index < -0.39 is 22.5 Å². The van der Waals surface area contributed by atoms with Crippen molar-refractivity contribution in [3.05, 3.63) is 0 Å². The molecule has 0 spiro atoms. The average Bonchev–Trinajstić information content (AvgIpc) is 1.64. The molecule has 0 saturated carbocycles. The maximum Gasteiger partial charge on any atom is 1.00 e. The molecule has 0 aliphatic carbocycles. The first-order chi connectivity index (χ1) is 3.55. The van der Waals surface area contributed by atoms with Gasteiger partial charge in [0.2, 0.25) is 5.44 Å². The van der Waals surface area contributed by atoms with Gasteiger partial charge in [0.1, 0.15) is 0 Å².